The summed E-state index contributed by atoms with van der Waals surface area (Å²) < 4.78 is 13.0. The Morgan fingerprint density at radius 3 is 1.81 bits per heavy atom. The molecule has 7 rings (SSSR count). The molecule has 0 amide bonds. The summed E-state index contributed by atoms with van der Waals surface area (Å²) in [6, 6.07) is 30.0. The predicted molar refractivity (Wildman–Crippen MR) is 217 cm³/mol. The summed E-state index contributed by atoms with van der Waals surface area (Å²) in [4.78, 5) is 9.62. The summed E-state index contributed by atoms with van der Waals surface area (Å²) in [6.45, 7) is 27.1. The van der Waals surface area contributed by atoms with Crippen molar-refractivity contribution >= 4 is 21.8 Å². The lowest BCUT2D eigenvalue weighted by molar-refractivity contribution is -0.611. The summed E-state index contributed by atoms with van der Waals surface area (Å²) in [6.07, 6.45) is 9.51. The highest BCUT2D eigenvalue weighted by Crippen LogP contribution is 2.36. The topological polar surface area (TPSA) is 48.8 Å². The van der Waals surface area contributed by atoms with Gasteiger partial charge in [0, 0.05) is 41.5 Å². The molecule has 7 aromatic rings. The van der Waals surface area contributed by atoms with Crippen molar-refractivity contribution < 1.29 is 9.30 Å². The molecule has 0 saturated heterocycles. The molecule has 0 spiro atoms. The van der Waals surface area contributed by atoms with Crippen LogP contribution in [0, 0.1) is 6.33 Å². The van der Waals surface area contributed by atoms with Crippen molar-refractivity contribution in [3.8, 4) is 28.8 Å². The SMILES string of the molecule is CC(C)(C)c1cc(-[n+]2[c-]n(-c3cc(Oc4ccc5c6ccccc6n(-c6cc(C(C)(C)C)ccn6)c5c4)ccn3)cc2C(C)(C)C)cc(C(C)(C)C)c1. The second-order valence-corrected chi connectivity index (χ2v) is 18.5. The second kappa shape index (κ2) is 12.7. The summed E-state index contributed by atoms with van der Waals surface area (Å²) in [5.41, 5.74) is 8.08. The van der Waals surface area contributed by atoms with Gasteiger partial charge in [-0.25, -0.2) is 4.98 Å². The summed E-state index contributed by atoms with van der Waals surface area (Å²) in [5, 5.41) is 2.33. The molecule has 272 valence electrons. The molecule has 3 aromatic carbocycles. The summed E-state index contributed by atoms with van der Waals surface area (Å²) in [5.74, 6) is 3.05. The number of fused-ring (bicyclic) bond motifs is 3. The Morgan fingerprint density at radius 1 is 0.547 bits per heavy atom. The number of para-hydroxylation sites is 1. The van der Waals surface area contributed by atoms with Gasteiger partial charge in [-0.2, -0.15) is 0 Å². The summed E-state index contributed by atoms with van der Waals surface area (Å²) >= 11 is 0. The molecule has 6 nitrogen and oxygen atoms in total. The largest absolute Gasteiger partial charge is 0.458 e. The third kappa shape index (κ3) is 7.12. The maximum Gasteiger partial charge on any atom is 0.270 e. The fraction of sp³-hybridized carbons (Fsp3) is 0.340. The maximum atomic E-state index is 6.60. The molecule has 0 radical (unpaired) electrons. The van der Waals surface area contributed by atoms with E-state index >= 15 is 0 Å². The quantitative estimate of drug-likeness (QED) is 0.132. The van der Waals surface area contributed by atoms with Crippen LogP contribution in [0.5, 0.6) is 11.5 Å². The van der Waals surface area contributed by atoms with Crippen LogP contribution in [-0.2, 0) is 21.7 Å². The smallest absolute Gasteiger partial charge is 0.270 e. The average Bonchev–Trinajstić information content (AvgIpc) is 3.68. The number of benzene rings is 3. The molecule has 0 aliphatic rings. The van der Waals surface area contributed by atoms with Crippen LogP contribution in [0.1, 0.15) is 105 Å². The van der Waals surface area contributed by atoms with E-state index in [1.807, 2.05) is 29.0 Å². The van der Waals surface area contributed by atoms with Crippen LogP contribution in [0.4, 0.5) is 0 Å². The number of pyridine rings is 2. The monoisotopic (exact) mass is 703 g/mol. The minimum Gasteiger partial charge on any atom is -0.458 e. The molecule has 6 heteroatoms. The molecule has 0 unspecified atom stereocenters. The van der Waals surface area contributed by atoms with Crippen LogP contribution in [0.15, 0.2) is 104 Å². The molecule has 0 aliphatic heterocycles. The van der Waals surface area contributed by atoms with Gasteiger partial charge in [-0.15, -0.1) is 0 Å². The highest BCUT2D eigenvalue weighted by atomic mass is 16.5. The van der Waals surface area contributed by atoms with Crippen molar-refractivity contribution in [2.24, 2.45) is 0 Å². The number of aromatic nitrogens is 5. The van der Waals surface area contributed by atoms with E-state index in [4.69, 9.17) is 14.7 Å². The van der Waals surface area contributed by atoms with Crippen LogP contribution >= 0.6 is 0 Å². The zero-order valence-electron chi connectivity index (χ0n) is 33.5. The van der Waals surface area contributed by atoms with E-state index in [0.717, 1.165) is 45.2 Å². The van der Waals surface area contributed by atoms with Crippen LogP contribution < -0.4 is 9.30 Å². The number of hydrogen-bond acceptors (Lipinski definition) is 3. The first-order valence-electron chi connectivity index (χ1n) is 18.7. The van der Waals surface area contributed by atoms with Crippen molar-refractivity contribution in [1.29, 1.82) is 0 Å². The van der Waals surface area contributed by atoms with Crippen molar-refractivity contribution in [3.05, 3.63) is 132 Å². The molecule has 0 atom stereocenters. The van der Waals surface area contributed by atoms with Crippen LogP contribution in [-0.4, -0.2) is 19.1 Å². The number of ether oxygens (including phenoxy) is 1. The third-order valence-corrected chi connectivity index (χ3v) is 10.1. The standard InChI is InChI=1S/C47H53N5O/c1-44(2,3)31-19-21-49-43(26-31)52-39-16-14-13-15-37(39)38-18-17-35(27-40(38)52)53-36-20-22-48-42(28-36)50-29-41(47(10,11)12)51(30-50)34-24-32(45(4,5)6)23-33(25-34)46(7,8)9/h13-29H,1-12H3. The van der Waals surface area contributed by atoms with Gasteiger partial charge in [0.15, 0.2) is 5.82 Å². The van der Waals surface area contributed by atoms with Gasteiger partial charge in [0.05, 0.1) is 22.4 Å². The Hall–Kier alpha value is -5.23. The lowest BCUT2D eigenvalue weighted by Crippen LogP contribution is -2.39. The van der Waals surface area contributed by atoms with Gasteiger partial charge in [-0.1, -0.05) is 107 Å². The normalized spacial score (nSPS) is 12.9. The Balaban J connectivity index is 1.29. The first-order chi connectivity index (χ1) is 24.8. The van der Waals surface area contributed by atoms with Gasteiger partial charge < -0.3 is 4.74 Å². The van der Waals surface area contributed by atoms with Crippen molar-refractivity contribution in [2.45, 2.75) is 105 Å². The summed E-state index contributed by atoms with van der Waals surface area (Å²) in [7, 11) is 0. The highest BCUT2D eigenvalue weighted by Gasteiger charge is 2.26. The molecular weight excluding hydrogens is 651 g/mol. The molecule has 0 N–H and O–H groups in total. The van der Waals surface area contributed by atoms with Gasteiger partial charge in [0.1, 0.15) is 17.3 Å². The van der Waals surface area contributed by atoms with Gasteiger partial charge in [-0.05, 0) is 86.9 Å². The van der Waals surface area contributed by atoms with Crippen molar-refractivity contribution in [3.63, 3.8) is 0 Å². The molecule has 0 aliphatic carbocycles. The number of hydrogen-bond donors (Lipinski definition) is 0. The molecule has 0 saturated carbocycles. The van der Waals surface area contributed by atoms with Gasteiger partial charge in [0.25, 0.3) is 6.33 Å². The zero-order valence-corrected chi connectivity index (χ0v) is 33.5. The molecule has 0 bridgehead atoms. The van der Waals surface area contributed by atoms with Crippen LogP contribution in [0.25, 0.3) is 39.1 Å². The predicted octanol–water partition coefficient (Wildman–Crippen LogP) is 11.4. The van der Waals surface area contributed by atoms with E-state index in [-0.39, 0.29) is 21.7 Å². The molecular formula is C47H53N5O. The van der Waals surface area contributed by atoms with E-state index < -0.39 is 0 Å². The maximum absolute atomic E-state index is 6.60. The van der Waals surface area contributed by atoms with Crippen molar-refractivity contribution in [1.82, 2.24) is 19.1 Å². The Bertz CT molecular complexity index is 2440. The van der Waals surface area contributed by atoms with E-state index in [1.165, 1.54) is 22.1 Å². The second-order valence-electron chi connectivity index (χ2n) is 18.5. The van der Waals surface area contributed by atoms with Gasteiger partial charge >= 0.3 is 0 Å². The third-order valence-electron chi connectivity index (χ3n) is 10.1. The van der Waals surface area contributed by atoms with E-state index in [0.29, 0.717) is 5.75 Å². The molecule has 4 heterocycles. The zero-order chi connectivity index (χ0) is 38.1. The van der Waals surface area contributed by atoms with E-state index in [9.17, 15) is 0 Å². The van der Waals surface area contributed by atoms with E-state index in [2.05, 4.69) is 171 Å². The fourth-order valence-electron chi connectivity index (χ4n) is 6.82. The van der Waals surface area contributed by atoms with Crippen LogP contribution in [0.3, 0.4) is 0 Å². The van der Waals surface area contributed by atoms with Gasteiger partial charge in [-0.3, -0.25) is 18.7 Å². The lowest BCUT2D eigenvalue weighted by atomic mass is 9.80. The van der Waals surface area contributed by atoms with Crippen LogP contribution in [0.2, 0.25) is 0 Å². The minimum atomic E-state index is -0.148. The Kier molecular flexibility index (Phi) is 8.67. The number of rotatable bonds is 5. The average molecular weight is 704 g/mol. The highest BCUT2D eigenvalue weighted by molar-refractivity contribution is 6.09. The lowest BCUT2D eigenvalue weighted by Gasteiger charge is -2.27. The Morgan fingerprint density at radius 2 is 1.15 bits per heavy atom. The van der Waals surface area contributed by atoms with Crippen molar-refractivity contribution in [2.75, 3.05) is 0 Å². The molecule has 0 fully saturated rings. The fourth-order valence-corrected chi connectivity index (χ4v) is 6.82. The minimum absolute atomic E-state index is 0.000330. The Labute approximate surface area is 315 Å². The number of imidazole rings is 1. The first kappa shape index (κ1) is 36.1. The van der Waals surface area contributed by atoms with E-state index in [1.54, 1.807) is 6.20 Å². The first-order valence-corrected chi connectivity index (χ1v) is 18.7. The number of nitrogens with zero attached hydrogens (tertiary/aromatic N) is 5. The molecule has 4 aromatic heterocycles. The molecule has 53 heavy (non-hydrogen) atoms. The van der Waals surface area contributed by atoms with Gasteiger partial charge in [0.2, 0.25) is 0 Å².